The first-order valence-electron chi connectivity index (χ1n) is 8.74. The number of benzene rings is 2. The summed E-state index contributed by atoms with van der Waals surface area (Å²) in [7, 11) is 0. The van der Waals surface area contributed by atoms with Crippen molar-refractivity contribution in [3.8, 4) is 16.9 Å². The summed E-state index contributed by atoms with van der Waals surface area (Å²) in [6.45, 7) is 0.275. The Kier molecular flexibility index (Phi) is 4.42. The summed E-state index contributed by atoms with van der Waals surface area (Å²) in [5.74, 6) is -0.799. The molecule has 0 spiro atoms. The SMILES string of the molecule is O=C(NCc1cn(-c2ccccc2)nc1-c1ccccc1)C1CC1[N+](=O)[O-]. The molecular formula is C20H18N4O3. The fourth-order valence-corrected chi connectivity index (χ4v) is 3.10. The monoisotopic (exact) mass is 362 g/mol. The van der Waals surface area contributed by atoms with Crippen LogP contribution in [0, 0.1) is 16.0 Å². The van der Waals surface area contributed by atoms with Gasteiger partial charge in [0.2, 0.25) is 11.9 Å². The lowest BCUT2D eigenvalue weighted by Gasteiger charge is -2.04. The molecule has 0 bridgehead atoms. The highest BCUT2D eigenvalue weighted by molar-refractivity contribution is 5.82. The first-order chi connectivity index (χ1) is 13.1. The molecule has 1 heterocycles. The molecule has 1 fully saturated rings. The van der Waals surface area contributed by atoms with E-state index in [1.807, 2.05) is 66.9 Å². The summed E-state index contributed by atoms with van der Waals surface area (Å²) >= 11 is 0. The fourth-order valence-electron chi connectivity index (χ4n) is 3.10. The number of amides is 1. The van der Waals surface area contributed by atoms with Crippen molar-refractivity contribution >= 4 is 5.91 Å². The van der Waals surface area contributed by atoms with E-state index in [0.29, 0.717) is 6.42 Å². The van der Waals surface area contributed by atoms with Crippen molar-refractivity contribution in [3.05, 3.63) is 82.5 Å². The van der Waals surface area contributed by atoms with Crippen LogP contribution < -0.4 is 5.32 Å². The van der Waals surface area contributed by atoms with E-state index in [2.05, 4.69) is 10.4 Å². The van der Waals surface area contributed by atoms with Crippen LogP contribution >= 0.6 is 0 Å². The molecule has 1 aromatic heterocycles. The number of aromatic nitrogens is 2. The maximum atomic E-state index is 12.2. The fraction of sp³-hybridized carbons (Fsp3) is 0.200. The Morgan fingerprint density at radius 3 is 2.44 bits per heavy atom. The molecule has 1 N–H and O–H groups in total. The zero-order valence-corrected chi connectivity index (χ0v) is 14.5. The van der Waals surface area contributed by atoms with Gasteiger partial charge in [-0.3, -0.25) is 14.9 Å². The number of hydrogen-bond acceptors (Lipinski definition) is 4. The zero-order chi connectivity index (χ0) is 18.8. The number of carbonyl (C=O) groups is 1. The van der Waals surface area contributed by atoms with E-state index < -0.39 is 12.0 Å². The van der Waals surface area contributed by atoms with E-state index in [0.717, 1.165) is 22.5 Å². The van der Waals surface area contributed by atoms with Crippen molar-refractivity contribution in [3.63, 3.8) is 0 Å². The molecule has 2 atom stereocenters. The Labute approximate surface area is 155 Å². The second kappa shape index (κ2) is 7.03. The molecule has 1 aliphatic carbocycles. The second-order valence-electron chi connectivity index (χ2n) is 6.56. The van der Waals surface area contributed by atoms with Crippen molar-refractivity contribution in [2.24, 2.45) is 5.92 Å². The maximum Gasteiger partial charge on any atom is 0.230 e. The Bertz CT molecular complexity index is 969. The largest absolute Gasteiger partial charge is 0.351 e. The lowest BCUT2D eigenvalue weighted by molar-refractivity contribution is -0.497. The predicted molar refractivity (Wildman–Crippen MR) is 99.7 cm³/mol. The van der Waals surface area contributed by atoms with Crippen LogP contribution in [0.4, 0.5) is 0 Å². The van der Waals surface area contributed by atoms with Gasteiger partial charge in [-0.1, -0.05) is 48.5 Å². The van der Waals surface area contributed by atoms with Gasteiger partial charge in [-0.25, -0.2) is 4.68 Å². The highest BCUT2D eigenvalue weighted by Crippen LogP contribution is 2.33. The third-order valence-electron chi connectivity index (χ3n) is 4.68. The Morgan fingerprint density at radius 1 is 1.15 bits per heavy atom. The Hall–Kier alpha value is -3.48. The number of nitro groups is 1. The standard InChI is InChI=1S/C20H18N4O3/c25-20(17-11-18(17)24(26)27)21-12-15-13-23(16-9-5-2-6-10-16)22-19(15)14-7-3-1-4-8-14/h1-10,13,17-18H,11-12H2,(H,21,25). The summed E-state index contributed by atoms with van der Waals surface area (Å²) in [5, 5.41) is 18.3. The van der Waals surface area contributed by atoms with Gasteiger partial charge in [0.1, 0.15) is 5.92 Å². The minimum absolute atomic E-state index is 0.275. The molecule has 2 aromatic carbocycles. The van der Waals surface area contributed by atoms with Crippen LogP contribution in [-0.2, 0) is 11.3 Å². The summed E-state index contributed by atoms with van der Waals surface area (Å²) in [6, 6.07) is 18.7. The summed E-state index contributed by atoms with van der Waals surface area (Å²) < 4.78 is 1.78. The van der Waals surface area contributed by atoms with Gasteiger partial charge in [-0.2, -0.15) is 5.10 Å². The van der Waals surface area contributed by atoms with Crippen molar-refractivity contribution in [1.82, 2.24) is 15.1 Å². The van der Waals surface area contributed by atoms with Gasteiger partial charge in [-0.05, 0) is 12.1 Å². The van der Waals surface area contributed by atoms with Crippen LogP contribution in [0.15, 0.2) is 66.9 Å². The van der Waals surface area contributed by atoms with Gasteiger partial charge < -0.3 is 5.32 Å². The molecule has 3 aromatic rings. The van der Waals surface area contributed by atoms with Crippen molar-refractivity contribution in [2.75, 3.05) is 0 Å². The molecule has 7 heteroatoms. The molecule has 4 rings (SSSR count). The van der Waals surface area contributed by atoms with Crippen LogP contribution in [0.3, 0.4) is 0 Å². The highest BCUT2D eigenvalue weighted by atomic mass is 16.6. The quantitative estimate of drug-likeness (QED) is 0.539. The van der Waals surface area contributed by atoms with Crippen LogP contribution in [0.25, 0.3) is 16.9 Å². The van der Waals surface area contributed by atoms with Gasteiger partial charge in [-0.15, -0.1) is 0 Å². The topological polar surface area (TPSA) is 90.1 Å². The maximum absolute atomic E-state index is 12.2. The zero-order valence-electron chi connectivity index (χ0n) is 14.5. The normalized spacial score (nSPS) is 18.1. The highest BCUT2D eigenvalue weighted by Gasteiger charge is 2.53. The summed E-state index contributed by atoms with van der Waals surface area (Å²) in [5.41, 5.74) is 3.51. The molecule has 7 nitrogen and oxygen atoms in total. The summed E-state index contributed by atoms with van der Waals surface area (Å²) in [6.07, 6.45) is 2.20. The molecule has 136 valence electrons. The Morgan fingerprint density at radius 2 is 1.81 bits per heavy atom. The molecule has 0 aliphatic heterocycles. The van der Waals surface area contributed by atoms with E-state index in [1.165, 1.54) is 0 Å². The van der Waals surface area contributed by atoms with Crippen LogP contribution in [0.2, 0.25) is 0 Å². The Balaban J connectivity index is 1.58. The summed E-state index contributed by atoms with van der Waals surface area (Å²) in [4.78, 5) is 22.6. The third-order valence-corrected chi connectivity index (χ3v) is 4.68. The number of para-hydroxylation sites is 1. The van der Waals surface area contributed by atoms with Gasteiger partial charge in [0, 0.05) is 35.2 Å². The van der Waals surface area contributed by atoms with E-state index >= 15 is 0 Å². The molecular weight excluding hydrogens is 344 g/mol. The molecule has 1 amide bonds. The first-order valence-corrected chi connectivity index (χ1v) is 8.74. The first kappa shape index (κ1) is 17.0. The number of hydrogen-bond donors (Lipinski definition) is 1. The van der Waals surface area contributed by atoms with Gasteiger partial charge in [0.25, 0.3) is 0 Å². The molecule has 1 aliphatic rings. The molecule has 0 saturated heterocycles. The van der Waals surface area contributed by atoms with Crippen molar-refractivity contribution < 1.29 is 9.72 Å². The van der Waals surface area contributed by atoms with Gasteiger partial charge in [0.15, 0.2) is 0 Å². The lowest BCUT2D eigenvalue weighted by Crippen LogP contribution is -2.26. The third kappa shape index (κ3) is 3.57. The average Bonchev–Trinajstić information content (AvgIpc) is 3.40. The number of carbonyl (C=O) groups excluding carboxylic acids is 1. The number of nitrogens with zero attached hydrogens (tertiary/aromatic N) is 3. The van der Waals surface area contributed by atoms with Crippen molar-refractivity contribution in [2.45, 2.75) is 19.0 Å². The van der Waals surface area contributed by atoms with Gasteiger partial charge in [0.05, 0.1) is 11.4 Å². The van der Waals surface area contributed by atoms with E-state index in [-0.39, 0.29) is 17.4 Å². The smallest absolute Gasteiger partial charge is 0.230 e. The van der Waals surface area contributed by atoms with Crippen LogP contribution in [0.5, 0.6) is 0 Å². The minimum atomic E-state index is -0.745. The van der Waals surface area contributed by atoms with E-state index in [1.54, 1.807) is 4.68 Å². The molecule has 0 radical (unpaired) electrons. The predicted octanol–water partition coefficient (Wildman–Crippen LogP) is 2.82. The number of rotatable bonds is 6. The minimum Gasteiger partial charge on any atom is -0.351 e. The van der Waals surface area contributed by atoms with Crippen molar-refractivity contribution in [1.29, 1.82) is 0 Å². The van der Waals surface area contributed by atoms with E-state index in [9.17, 15) is 14.9 Å². The average molecular weight is 362 g/mol. The molecule has 2 unspecified atom stereocenters. The van der Waals surface area contributed by atoms with Crippen LogP contribution in [-0.4, -0.2) is 26.7 Å². The number of nitrogens with one attached hydrogen (secondary N) is 1. The van der Waals surface area contributed by atoms with Crippen LogP contribution in [0.1, 0.15) is 12.0 Å². The van der Waals surface area contributed by atoms with E-state index in [4.69, 9.17) is 0 Å². The molecule has 1 saturated carbocycles. The lowest BCUT2D eigenvalue weighted by atomic mass is 10.1. The van der Waals surface area contributed by atoms with Gasteiger partial charge >= 0.3 is 0 Å². The second-order valence-corrected chi connectivity index (χ2v) is 6.56. The molecule has 27 heavy (non-hydrogen) atoms.